The van der Waals surface area contributed by atoms with Gasteiger partial charge in [-0.2, -0.15) is 8.78 Å². The van der Waals surface area contributed by atoms with Crippen molar-refractivity contribution in [3.63, 3.8) is 0 Å². The van der Waals surface area contributed by atoms with E-state index in [4.69, 9.17) is 4.74 Å². The third-order valence-electron chi connectivity index (χ3n) is 3.87. The number of thiazole rings is 1. The molecule has 1 aromatic heterocycles. The van der Waals surface area contributed by atoms with Crippen molar-refractivity contribution in [1.82, 2.24) is 4.98 Å². The van der Waals surface area contributed by atoms with Crippen LogP contribution in [-0.4, -0.2) is 31.7 Å². The fraction of sp³-hybridized carbons (Fsp3) is 0.158. The van der Waals surface area contributed by atoms with Crippen LogP contribution in [-0.2, 0) is 9.84 Å². The Morgan fingerprint density at radius 2 is 1.86 bits per heavy atom. The van der Waals surface area contributed by atoms with E-state index in [0.717, 1.165) is 17.7 Å². The Morgan fingerprint density at radius 1 is 1.17 bits per heavy atom. The molecule has 1 N–H and O–H groups in total. The second-order valence-electron chi connectivity index (χ2n) is 5.75. The molecular formula is C19H16F2N2O4S2. The summed E-state index contributed by atoms with van der Waals surface area (Å²) in [4.78, 5) is 16.2. The lowest BCUT2D eigenvalue weighted by atomic mass is 10.1. The van der Waals surface area contributed by atoms with E-state index >= 15 is 0 Å². The quantitative estimate of drug-likeness (QED) is 0.589. The number of sulfone groups is 1. The number of amides is 1. The fourth-order valence-electron chi connectivity index (χ4n) is 2.48. The standard InChI is InChI=1S/C19H16F2N2O4S2/c1-2-27-16-6-4-3-5-14(16)15-11-28-19(22-15)23-17(24)12-7-9-13(10-8-12)29(25,26)18(20)21/h3-11,18H,2H2,1H3,(H,22,23,24). The van der Waals surface area contributed by atoms with Gasteiger partial charge in [0.15, 0.2) is 5.13 Å². The SMILES string of the molecule is CCOc1ccccc1-c1csc(NC(=O)c2ccc(S(=O)(=O)C(F)F)cc2)n1. The van der Waals surface area contributed by atoms with Gasteiger partial charge in [-0.3, -0.25) is 10.1 Å². The first-order valence-corrected chi connectivity index (χ1v) is 10.9. The molecule has 0 unspecified atom stereocenters. The van der Waals surface area contributed by atoms with Gasteiger partial charge in [0.2, 0.25) is 9.84 Å². The highest BCUT2D eigenvalue weighted by molar-refractivity contribution is 7.91. The molecule has 0 aliphatic heterocycles. The van der Waals surface area contributed by atoms with Crippen LogP contribution in [0.2, 0.25) is 0 Å². The number of benzene rings is 2. The molecule has 152 valence electrons. The molecule has 6 nitrogen and oxygen atoms in total. The zero-order chi connectivity index (χ0) is 21.0. The zero-order valence-electron chi connectivity index (χ0n) is 15.1. The van der Waals surface area contributed by atoms with E-state index in [2.05, 4.69) is 10.3 Å². The minimum absolute atomic E-state index is 0.115. The van der Waals surface area contributed by atoms with Gasteiger partial charge in [0.05, 0.1) is 17.2 Å². The number of carbonyl (C=O) groups is 1. The van der Waals surface area contributed by atoms with Crippen molar-refractivity contribution in [2.45, 2.75) is 17.6 Å². The molecule has 29 heavy (non-hydrogen) atoms. The van der Waals surface area contributed by atoms with E-state index in [9.17, 15) is 22.0 Å². The highest BCUT2D eigenvalue weighted by atomic mass is 32.2. The summed E-state index contributed by atoms with van der Waals surface area (Å²) in [6.07, 6.45) is 0. The van der Waals surface area contributed by atoms with E-state index in [1.807, 2.05) is 31.2 Å². The van der Waals surface area contributed by atoms with Gasteiger partial charge in [-0.15, -0.1) is 11.3 Å². The van der Waals surface area contributed by atoms with Crippen LogP contribution in [0.25, 0.3) is 11.3 Å². The molecule has 2 aromatic carbocycles. The number of hydrogen-bond acceptors (Lipinski definition) is 6. The predicted octanol–water partition coefficient (Wildman–Crippen LogP) is 4.46. The van der Waals surface area contributed by atoms with Crippen LogP contribution in [0.3, 0.4) is 0 Å². The molecule has 0 spiro atoms. The lowest BCUT2D eigenvalue weighted by Gasteiger charge is -2.07. The number of halogens is 2. The highest BCUT2D eigenvalue weighted by Gasteiger charge is 2.26. The Bertz CT molecular complexity index is 1110. The van der Waals surface area contributed by atoms with Crippen LogP contribution in [0, 0.1) is 0 Å². The van der Waals surface area contributed by atoms with Crippen molar-refractivity contribution < 1.29 is 26.7 Å². The summed E-state index contributed by atoms with van der Waals surface area (Å²) >= 11 is 1.21. The normalized spacial score (nSPS) is 11.4. The van der Waals surface area contributed by atoms with E-state index < -0.39 is 26.4 Å². The van der Waals surface area contributed by atoms with E-state index in [0.29, 0.717) is 23.2 Å². The lowest BCUT2D eigenvalue weighted by Crippen LogP contribution is -2.14. The first kappa shape index (κ1) is 20.9. The number of carbonyl (C=O) groups excluding carboxylic acids is 1. The molecule has 0 atom stereocenters. The van der Waals surface area contributed by atoms with E-state index in [1.165, 1.54) is 23.5 Å². The molecule has 0 saturated carbocycles. The van der Waals surface area contributed by atoms with Crippen LogP contribution < -0.4 is 10.1 Å². The second kappa shape index (κ2) is 8.66. The molecular weight excluding hydrogens is 422 g/mol. The molecule has 10 heteroatoms. The fourth-order valence-corrected chi connectivity index (χ4v) is 3.91. The Morgan fingerprint density at radius 3 is 2.52 bits per heavy atom. The zero-order valence-corrected chi connectivity index (χ0v) is 16.8. The van der Waals surface area contributed by atoms with Gasteiger partial charge in [0.1, 0.15) is 5.75 Å². The number of anilines is 1. The van der Waals surface area contributed by atoms with Gasteiger partial charge in [-0.25, -0.2) is 13.4 Å². The topological polar surface area (TPSA) is 85.4 Å². The molecule has 0 fully saturated rings. The average Bonchev–Trinajstić information content (AvgIpc) is 3.17. The first-order chi connectivity index (χ1) is 13.8. The van der Waals surface area contributed by atoms with Gasteiger partial charge >= 0.3 is 5.76 Å². The summed E-state index contributed by atoms with van der Waals surface area (Å²) in [5.74, 6) is -3.38. The summed E-state index contributed by atoms with van der Waals surface area (Å²) < 4.78 is 53.6. The van der Waals surface area contributed by atoms with Crippen LogP contribution in [0.5, 0.6) is 5.75 Å². The summed E-state index contributed by atoms with van der Waals surface area (Å²) in [5.41, 5.74) is 1.53. The smallest absolute Gasteiger partial charge is 0.341 e. The molecule has 3 rings (SSSR count). The number of ether oxygens (including phenoxy) is 1. The van der Waals surface area contributed by atoms with E-state index in [1.54, 1.807) is 5.38 Å². The summed E-state index contributed by atoms with van der Waals surface area (Å²) in [5, 5.41) is 4.71. The van der Waals surface area contributed by atoms with Crippen molar-refractivity contribution in [2.75, 3.05) is 11.9 Å². The van der Waals surface area contributed by atoms with Crippen molar-refractivity contribution in [3.8, 4) is 17.0 Å². The maximum absolute atomic E-state index is 12.6. The summed E-state index contributed by atoms with van der Waals surface area (Å²) in [6.45, 7) is 2.38. The van der Waals surface area contributed by atoms with E-state index in [-0.39, 0.29) is 5.56 Å². The minimum atomic E-state index is -4.70. The number of hydrogen-bond donors (Lipinski definition) is 1. The number of nitrogens with one attached hydrogen (secondary N) is 1. The monoisotopic (exact) mass is 438 g/mol. The highest BCUT2D eigenvalue weighted by Crippen LogP contribution is 2.32. The van der Waals surface area contributed by atoms with Crippen molar-refractivity contribution in [2.24, 2.45) is 0 Å². The maximum Gasteiger partial charge on any atom is 0.341 e. The van der Waals surface area contributed by atoms with Gasteiger partial charge in [0, 0.05) is 16.5 Å². The summed E-state index contributed by atoms with van der Waals surface area (Å²) in [6, 6.07) is 11.7. The Balaban J connectivity index is 1.76. The van der Waals surface area contributed by atoms with Crippen LogP contribution in [0.1, 0.15) is 17.3 Å². The van der Waals surface area contributed by atoms with Gasteiger partial charge < -0.3 is 4.74 Å². The van der Waals surface area contributed by atoms with Gasteiger partial charge in [-0.1, -0.05) is 12.1 Å². The van der Waals surface area contributed by atoms with Crippen molar-refractivity contribution >= 4 is 32.2 Å². The van der Waals surface area contributed by atoms with Crippen LogP contribution in [0.4, 0.5) is 13.9 Å². The molecule has 1 amide bonds. The second-order valence-corrected chi connectivity index (χ2v) is 8.53. The predicted molar refractivity (Wildman–Crippen MR) is 106 cm³/mol. The number of rotatable bonds is 7. The Kier molecular flexibility index (Phi) is 6.23. The number of nitrogens with zero attached hydrogens (tertiary/aromatic N) is 1. The molecule has 3 aromatic rings. The average molecular weight is 438 g/mol. The molecule has 0 bridgehead atoms. The van der Waals surface area contributed by atoms with Crippen LogP contribution in [0.15, 0.2) is 58.8 Å². The lowest BCUT2D eigenvalue weighted by molar-refractivity contribution is 0.102. The third kappa shape index (κ3) is 4.60. The molecule has 1 heterocycles. The number of aromatic nitrogens is 1. The van der Waals surface area contributed by atoms with Crippen molar-refractivity contribution in [1.29, 1.82) is 0 Å². The molecule has 0 saturated heterocycles. The largest absolute Gasteiger partial charge is 0.493 e. The minimum Gasteiger partial charge on any atom is -0.493 e. The maximum atomic E-state index is 12.6. The van der Waals surface area contributed by atoms with Gasteiger partial charge in [-0.05, 0) is 43.3 Å². The van der Waals surface area contributed by atoms with Crippen molar-refractivity contribution in [3.05, 3.63) is 59.5 Å². The molecule has 0 aliphatic rings. The molecule has 0 aliphatic carbocycles. The first-order valence-electron chi connectivity index (χ1n) is 8.44. The van der Waals surface area contributed by atoms with Crippen LogP contribution >= 0.6 is 11.3 Å². The number of alkyl halides is 2. The third-order valence-corrected chi connectivity index (χ3v) is 6.02. The van der Waals surface area contributed by atoms with Gasteiger partial charge in [0.25, 0.3) is 5.91 Å². The Hall–Kier alpha value is -2.85. The molecule has 0 radical (unpaired) electrons. The number of para-hydroxylation sites is 1. The summed E-state index contributed by atoms with van der Waals surface area (Å²) in [7, 11) is -4.70. The Labute approximate surface area is 170 Å².